The predicted molar refractivity (Wildman–Crippen MR) is 71.3 cm³/mol. The SMILES string of the molecule is Cc1ccc(SCCNC(=O)C2CNC2)cc1. The maximum absolute atomic E-state index is 11.5. The largest absolute Gasteiger partial charge is 0.355 e. The maximum atomic E-state index is 11.5. The lowest BCUT2D eigenvalue weighted by Crippen LogP contribution is -2.51. The van der Waals surface area contributed by atoms with Gasteiger partial charge in [-0.3, -0.25) is 4.79 Å². The van der Waals surface area contributed by atoms with Crippen LogP contribution in [0.2, 0.25) is 0 Å². The van der Waals surface area contributed by atoms with Gasteiger partial charge in [0.2, 0.25) is 5.91 Å². The molecule has 1 aliphatic rings. The number of thioether (sulfide) groups is 1. The molecule has 0 unspecified atom stereocenters. The molecule has 0 atom stereocenters. The third-order valence-electron chi connectivity index (χ3n) is 2.84. The quantitative estimate of drug-likeness (QED) is 0.613. The summed E-state index contributed by atoms with van der Waals surface area (Å²) in [5, 5.41) is 6.06. The summed E-state index contributed by atoms with van der Waals surface area (Å²) >= 11 is 1.78. The summed E-state index contributed by atoms with van der Waals surface area (Å²) < 4.78 is 0. The van der Waals surface area contributed by atoms with Crippen LogP contribution in [-0.2, 0) is 4.79 Å². The average Bonchev–Trinajstić information content (AvgIpc) is 2.24. The van der Waals surface area contributed by atoms with Gasteiger partial charge >= 0.3 is 0 Å². The highest BCUT2D eigenvalue weighted by molar-refractivity contribution is 7.99. The summed E-state index contributed by atoms with van der Waals surface area (Å²) in [6, 6.07) is 8.47. The molecule has 3 nitrogen and oxygen atoms in total. The van der Waals surface area contributed by atoms with Crippen LogP contribution in [0.25, 0.3) is 0 Å². The van der Waals surface area contributed by atoms with E-state index in [1.54, 1.807) is 11.8 Å². The second kappa shape index (κ2) is 6.07. The van der Waals surface area contributed by atoms with Crippen LogP contribution in [0.15, 0.2) is 29.2 Å². The van der Waals surface area contributed by atoms with Crippen LogP contribution in [0.4, 0.5) is 0 Å². The Bertz CT molecular complexity index is 374. The molecule has 1 aliphatic heterocycles. The average molecular weight is 250 g/mol. The van der Waals surface area contributed by atoms with Crippen molar-refractivity contribution in [2.45, 2.75) is 11.8 Å². The van der Waals surface area contributed by atoms with Gasteiger partial charge in [-0.2, -0.15) is 0 Å². The van der Waals surface area contributed by atoms with Crippen LogP contribution < -0.4 is 10.6 Å². The van der Waals surface area contributed by atoms with Crippen molar-refractivity contribution in [1.29, 1.82) is 0 Å². The minimum Gasteiger partial charge on any atom is -0.355 e. The molecule has 0 saturated carbocycles. The van der Waals surface area contributed by atoms with Crippen molar-refractivity contribution in [2.75, 3.05) is 25.4 Å². The maximum Gasteiger partial charge on any atom is 0.225 e. The minimum absolute atomic E-state index is 0.188. The van der Waals surface area contributed by atoms with E-state index in [2.05, 4.69) is 41.8 Å². The summed E-state index contributed by atoms with van der Waals surface area (Å²) in [5.41, 5.74) is 1.28. The fourth-order valence-electron chi connectivity index (χ4n) is 1.60. The number of carbonyl (C=O) groups excluding carboxylic acids is 1. The van der Waals surface area contributed by atoms with Gasteiger partial charge in [0.15, 0.2) is 0 Å². The van der Waals surface area contributed by atoms with E-state index in [-0.39, 0.29) is 11.8 Å². The summed E-state index contributed by atoms with van der Waals surface area (Å²) in [4.78, 5) is 12.8. The monoisotopic (exact) mass is 250 g/mol. The van der Waals surface area contributed by atoms with Crippen molar-refractivity contribution in [3.05, 3.63) is 29.8 Å². The van der Waals surface area contributed by atoms with Crippen molar-refractivity contribution in [2.24, 2.45) is 5.92 Å². The highest BCUT2D eigenvalue weighted by Gasteiger charge is 2.23. The standard InChI is InChI=1S/C13H18N2OS/c1-10-2-4-12(5-3-10)17-7-6-15-13(16)11-8-14-9-11/h2-5,11,14H,6-9H2,1H3,(H,15,16). The van der Waals surface area contributed by atoms with Crippen LogP contribution in [0.5, 0.6) is 0 Å². The molecule has 92 valence electrons. The van der Waals surface area contributed by atoms with Crippen LogP contribution >= 0.6 is 11.8 Å². The first-order chi connectivity index (χ1) is 8.25. The molecule has 0 bridgehead atoms. The smallest absolute Gasteiger partial charge is 0.225 e. The van der Waals surface area contributed by atoms with Gasteiger partial charge < -0.3 is 10.6 Å². The highest BCUT2D eigenvalue weighted by atomic mass is 32.2. The first-order valence-electron chi connectivity index (χ1n) is 5.93. The number of hydrogen-bond donors (Lipinski definition) is 2. The van der Waals surface area contributed by atoms with Crippen LogP contribution in [-0.4, -0.2) is 31.3 Å². The van der Waals surface area contributed by atoms with E-state index >= 15 is 0 Å². The first kappa shape index (κ1) is 12.5. The number of nitrogens with one attached hydrogen (secondary N) is 2. The Balaban J connectivity index is 1.62. The Morgan fingerprint density at radius 1 is 1.41 bits per heavy atom. The third kappa shape index (κ3) is 3.75. The Hall–Kier alpha value is -1.00. The molecule has 0 aromatic heterocycles. The Labute approximate surface area is 106 Å². The lowest BCUT2D eigenvalue weighted by Gasteiger charge is -2.25. The number of benzene rings is 1. The molecule has 1 fully saturated rings. The predicted octanol–water partition coefficient (Wildman–Crippen LogP) is 1.42. The molecule has 0 aliphatic carbocycles. The second-order valence-electron chi connectivity index (χ2n) is 4.31. The van der Waals surface area contributed by atoms with Crippen LogP contribution in [0.3, 0.4) is 0 Å². The molecule has 1 heterocycles. The van der Waals surface area contributed by atoms with Crippen molar-refractivity contribution in [3.63, 3.8) is 0 Å². The van der Waals surface area contributed by atoms with Gasteiger partial charge in [-0.15, -0.1) is 11.8 Å². The lowest BCUT2D eigenvalue weighted by molar-refractivity contribution is -0.126. The number of rotatable bonds is 5. The molecule has 2 N–H and O–H groups in total. The molecular weight excluding hydrogens is 232 g/mol. The lowest BCUT2D eigenvalue weighted by atomic mass is 10.0. The van der Waals surface area contributed by atoms with Gasteiger partial charge in [-0.1, -0.05) is 17.7 Å². The highest BCUT2D eigenvalue weighted by Crippen LogP contribution is 2.17. The van der Waals surface area contributed by atoms with Crippen molar-refractivity contribution in [1.82, 2.24) is 10.6 Å². The van der Waals surface area contributed by atoms with E-state index in [1.807, 2.05) is 0 Å². The summed E-state index contributed by atoms with van der Waals surface area (Å²) in [6.07, 6.45) is 0. The van der Waals surface area contributed by atoms with Gasteiger partial charge in [0.1, 0.15) is 0 Å². The van der Waals surface area contributed by atoms with Gasteiger partial charge in [-0.05, 0) is 19.1 Å². The normalized spacial score (nSPS) is 15.4. The van der Waals surface area contributed by atoms with Gasteiger partial charge in [0, 0.05) is 30.3 Å². The van der Waals surface area contributed by atoms with E-state index in [0.717, 1.165) is 25.4 Å². The van der Waals surface area contributed by atoms with E-state index in [1.165, 1.54) is 10.5 Å². The van der Waals surface area contributed by atoms with Crippen molar-refractivity contribution >= 4 is 17.7 Å². The zero-order chi connectivity index (χ0) is 12.1. The van der Waals surface area contributed by atoms with E-state index < -0.39 is 0 Å². The molecule has 1 amide bonds. The van der Waals surface area contributed by atoms with E-state index in [4.69, 9.17) is 0 Å². The molecular formula is C13H18N2OS. The van der Waals surface area contributed by atoms with E-state index in [0.29, 0.717) is 0 Å². The zero-order valence-electron chi connectivity index (χ0n) is 10.0. The number of hydrogen-bond acceptors (Lipinski definition) is 3. The van der Waals surface area contributed by atoms with E-state index in [9.17, 15) is 4.79 Å². The van der Waals surface area contributed by atoms with Crippen LogP contribution in [0, 0.1) is 12.8 Å². The fraction of sp³-hybridized carbons (Fsp3) is 0.462. The molecule has 4 heteroatoms. The van der Waals surface area contributed by atoms with Crippen molar-refractivity contribution < 1.29 is 4.79 Å². The van der Waals surface area contributed by atoms with Crippen LogP contribution in [0.1, 0.15) is 5.56 Å². The second-order valence-corrected chi connectivity index (χ2v) is 5.48. The molecule has 0 spiro atoms. The Morgan fingerprint density at radius 2 is 2.12 bits per heavy atom. The molecule has 1 aromatic rings. The molecule has 1 aromatic carbocycles. The molecule has 0 radical (unpaired) electrons. The third-order valence-corrected chi connectivity index (χ3v) is 3.86. The molecule has 1 saturated heterocycles. The summed E-state index contributed by atoms with van der Waals surface area (Å²) in [6.45, 7) is 4.49. The first-order valence-corrected chi connectivity index (χ1v) is 6.92. The van der Waals surface area contributed by atoms with Gasteiger partial charge in [0.25, 0.3) is 0 Å². The topological polar surface area (TPSA) is 41.1 Å². The zero-order valence-corrected chi connectivity index (χ0v) is 10.8. The number of amides is 1. The number of carbonyl (C=O) groups is 1. The van der Waals surface area contributed by atoms with Gasteiger partial charge in [0.05, 0.1) is 5.92 Å². The van der Waals surface area contributed by atoms with Gasteiger partial charge in [-0.25, -0.2) is 0 Å². The Kier molecular flexibility index (Phi) is 4.45. The fourth-order valence-corrected chi connectivity index (χ4v) is 2.36. The Morgan fingerprint density at radius 3 is 2.71 bits per heavy atom. The molecule has 2 rings (SSSR count). The summed E-state index contributed by atoms with van der Waals surface area (Å²) in [5.74, 6) is 1.31. The number of aryl methyl sites for hydroxylation is 1. The summed E-state index contributed by atoms with van der Waals surface area (Å²) in [7, 11) is 0. The molecule has 17 heavy (non-hydrogen) atoms. The van der Waals surface area contributed by atoms with Crippen molar-refractivity contribution in [3.8, 4) is 0 Å². The minimum atomic E-state index is 0.188.